The van der Waals surface area contributed by atoms with E-state index >= 15 is 0 Å². The van der Waals surface area contributed by atoms with E-state index in [1.165, 1.54) is 36.4 Å². The Hall–Kier alpha value is -3.46. The third kappa shape index (κ3) is 3.78. The molecule has 130 valence electrons. The van der Waals surface area contributed by atoms with Crippen molar-refractivity contribution in [2.75, 3.05) is 0 Å². The maximum Gasteiger partial charge on any atom is 0.335 e. The number of hydrogen-bond acceptors (Lipinski definition) is 6. The van der Waals surface area contributed by atoms with E-state index in [-0.39, 0.29) is 16.2 Å². The number of nitro benzene ring substituents is 1. The minimum Gasteiger partial charge on any atom is -0.478 e. The predicted octanol–water partition coefficient (Wildman–Crippen LogP) is 3.18. The molecule has 1 heterocycles. The van der Waals surface area contributed by atoms with Gasteiger partial charge >= 0.3 is 5.97 Å². The number of para-hydroxylation sites is 1. The summed E-state index contributed by atoms with van der Waals surface area (Å²) in [4.78, 5) is 38.0. The molecule has 3 rings (SSSR count). The van der Waals surface area contributed by atoms with Gasteiger partial charge in [-0.25, -0.2) is 9.79 Å². The molecule has 26 heavy (non-hydrogen) atoms. The number of nitrogens with one attached hydrogen (secondary N) is 1. The van der Waals surface area contributed by atoms with Gasteiger partial charge in [-0.15, -0.1) is 0 Å². The van der Waals surface area contributed by atoms with Crippen LogP contribution in [0.3, 0.4) is 0 Å². The van der Waals surface area contributed by atoms with Crippen LogP contribution in [0.2, 0.25) is 0 Å². The number of aliphatic imine (C=N–C) groups is 1. The van der Waals surface area contributed by atoms with Gasteiger partial charge in [0.1, 0.15) is 0 Å². The summed E-state index contributed by atoms with van der Waals surface area (Å²) in [6.07, 6.45) is 1.44. The Labute approximate surface area is 151 Å². The fraction of sp³-hybridized carbons (Fsp3) is 0. The van der Waals surface area contributed by atoms with Gasteiger partial charge in [-0.3, -0.25) is 14.9 Å². The smallest absolute Gasteiger partial charge is 0.335 e. The van der Waals surface area contributed by atoms with E-state index in [0.29, 0.717) is 16.4 Å². The van der Waals surface area contributed by atoms with Crippen molar-refractivity contribution in [3.63, 3.8) is 0 Å². The van der Waals surface area contributed by atoms with Crippen molar-refractivity contribution < 1.29 is 19.6 Å². The molecule has 0 aliphatic carbocycles. The third-order valence-corrected chi connectivity index (χ3v) is 4.33. The molecular formula is C17H11N3O5S. The van der Waals surface area contributed by atoms with Crippen LogP contribution in [0.1, 0.15) is 15.9 Å². The van der Waals surface area contributed by atoms with Gasteiger partial charge in [0, 0.05) is 6.07 Å². The Morgan fingerprint density at radius 3 is 2.54 bits per heavy atom. The van der Waals surface area contributed by atoms with Crippen LogP contribution in [0.4, 0.5) is 11.4 Å². The van der Waals surface area contributed by atoms with E-state index in [9.17, 15) is 19.7 Å². The molecule has 8 nitrogen and oxygen atoms in total. The second-order valence-corrected chi connectivity index (χ2v) is 6.18. The number of rotatable bonds is 4. The number of carboxylic acid groups (broad SMARTS) is 1. The lowest BCUT2D eigenvalue weighted by Gasteiger charge is -1.98. The molecule has 2 aromatic rings. The highest BCUT2D eigenvalue weighted by atomic mass is 32.2. The molecule has 0 radical (unpaired) electrons. The van der Waals surface area contributed by atoms with Gasteiger partial charge < -0.3 is 10.4 Å². The van der Waals surface area contributed by atoms with Gasteiger partial charge in [0.15, 0.2) is 5.17 Å². The maximum absolute atomic E-state index is 12.1. The SMILES string of the molecule is O=C1NC(=Nc2ccc(C(=O)O)cc2)S/C1=C\c1ccccc1[N+](=O)[O-]. The van der Waals surface area contributed by atoms with Gasteiger partial charge in [0.25, 0.3) is 11.6 Å². The molecular weight excluding hydrogens is 358 g/mol. The van der Waals surface area contributed by atoms with E-state index in [0.717, 1.165) is 11.8 Å². The molecule has 2 N–H and O–H groups in total. The molecule has 1 saturated heterocycles. The normalized spacial score (nSPS) is 16.7. The van der Waals surface area contributed by atoms with Crippen molar-refractivity contribution in [1.29, 1.82) is 0 Å². The average molecular weight is 369 g/mol. The largest absolute Gasteiger partial charge is 0.478 e. The van der Waals surface area contributed by atoms with Gasteiger partial charge in [-0.05, 0) is 48.2 Å². The summed E-state index contributed by atoms with van der Waals surface area (Å²) in [5.74, 6) is -1.45. The number of carbonyl (C=O) groups excluding carboxylic acids is 1. The molecule has 0 unspecified atom stereocenters. The van der Waals surface area contributed by atoms with Crippen LogP contribution in [0.25, 0.3) is 6.08 Å². The number of amidine groups is 1. The van der Waals surface area contributed by atoms with E-state index < -0.39 is 16.8 Å². The van der Waals surface area contributed by atoms with Crippen molar-refractivity contribution in [2.45, 2.75) is 0 Å². The van der Waals surface area contributed by atoms with E-state index in [1.54, 1.807) is 18.2 Å². The number of carboxylic acids is 1. The molecule has 0 bridgehead atoms. The van der Waals surface area contributed by atoms with Crippen LogP contribution in [-0.2, 0) is 4.79 Å². The number of thioether (sulfide) groups is 1. The van der Waals surface area contributed by atoms with Gasteiger partial charge in [-0.2, -0.15) is 0 Å². The van der Waals surface area contributed by atoms with Crippen molar-refractivity contribution in [3.8, 4) is 0 Å². The van der Waals surface area contributed by atoms with Crippen LogP contribution >= 0.6 is 11.8 Å². The van der Waals surface area contributed by atoms with Crippen molar-refractivity contribution in [1.82, 2.24) is 5.32 Å². The van der Waals surface area contributed by atoms with Crippen LogP contribution in [0.5, 0.6) is 0 Å². The predicted molar refractivity (Wildman–Crippen MR) is 97.3 cm³/mol. The molecule has 0 atom stereocenters. The highest BCUT2D eigenvalue weighted by Gasteiger charge is 2.25. The Bertz CT molecular complexity index is 967. The number of nitro groups is 1. The average Bonchev–Trinajstić information content (AvgIpc) is 2.95. The minimum atomic E-state index is -1.04. The Kier molecular flexibility index (Phi) is 4.81. The first-order chi connectivity index (χ1) is 12.4. The highest BCUT2D eigenvalue weighted by Crippen LogP contribution is 2.30. The molecule has 1 amide bonds. The Balaban J connectivity index is 1.85. The first-order valence-corrected chi connectivity index (χ1v) is 8.12. The van der Waals surface area contributed by atoms with Gasteiger partial charge in [0.2, 0.25) is 0 Å². The maximum atomic E-state index is 12.1. The van der Waals surface area contributed by atoms with Crippen LogP contribution in [0, 0.1) is 10.1 Å². The monoisotopic (exact) mass is 369 g/mol. The van der Waals surface area contributed by atoms with E-state index in [2.05, 4.69) is 10.3 Å². The van der Waals surface area contributed by atoms with Gasteiger partial charge in [-0.1, -0.05) is 12.1 Å². The molecule has 0 saturated carbocycles. The third-order valence-electron chi connectivity index (χ3n) is 3.42. The first kappa shape index (κ1) is 17.4. The molecule has 9 heteroatoms. The van der Waals surface area contributed by atoms with Crippen LogP contribution in [-0.4, -0.2) is 27.1 Å². The molecule has 1 fully saturated rings. The molecule has 0 spiro atoms. The lowest BCUT2D eigenvalue weighted by Crippen LogP contribution is -2.19. The molecule has 1 aliphatic heterocycles. The first-order valence-electron chi connectivity index (χ1n) is 7.30. The lowest BCUT2D eigenvalue weighted by atomic mass is 10.1. The zero-order chi connectivity index (χ0) is 18.7. The quantitative estimate of drug-likeness (QED) is 0.485. The van der Waals surface area contributed by atoms with Crippen molar-refractivity contribution in [2.24, 2.45) is 4.99 Å². The summed E-state index contributed by atoms with van der Waals surface area (Å²) in [5, 5.41) is 22.8. The zero-order valence-electron chi connectivity index (χ0n) is 13.1. The second-order valence-electron chi connectivity index (χ2n) is 5.15. The van der Waals surface area contributed by atoms with Crippen molar-refractivity contribution >= 4 is 46.3 Å². The summed E-state index contributed by atoms with van der Waals surface area (Å²) in [5.41, 5.74) is 0.837. The number of hydrogen-bond donors (Lipinski definition) is 2. The summed E-state index contributed by atoms with van der Waals surface area (Å²) in [7, 11) is 0. The lowest BCUT2D eigenvalue weighted by molar-refractivity contribution is -0.385. The Morgan fingerprint density at radius 2 is 1.88 bits per heavy atom. The summed E-state index contributed by atoms with van der Waals surface area (Å²) in [6.45, 7) is 0. The van der Waals surface area contributed by atoms with Gasteiger partial charge in [0.05, 0.1) is 26.6 Å². The minimum absolute atomic E-state index is 0.0944. The summed E-state index contributed by atoms with van der Waals surface area (Å²) in [6, 6.07) is 12.0. The standard InChI is InChI=1S/C17H11N3O5S/c21-15-14(9-11-3-1-2-4-13(11)20(24)25)26-17(19-15)18-12-7-5-10(6-8-12)16(22)23/h1-9H,(H,22,23)(H,18,19,21)/b14-9-. The zero-order valence-corrected chi connectivity index (χ0v) is 13.9. The fourth-order valence-electron chi connectivity index (χ4n) is 2.19. The Morgan fingerprint density at radius 1 is 1.19 bits per heavy atom. The number of aromatic carboxylic acids is 1. The number of benzene rings is 2. The molecule has 2 aromatic carbocycles. The molecule has 0 aromatic heterocycles. The summed E-state index contributed by atoms with van der Waals surface area (Å²) >= 11 is 1.05. The second kappa shape index (κ2) is 7.19. The number of nitrogens with zero attached hydrogens (tertiary/aromatic N) is 2. The fourth-order valence-corrected chi connectivity index (χ4v) is 3.03. The number of carbonyl (C=O) groups is 2. The topological polar surface area (TPSA) is 122 Å². The van der Waals surface area contributed by atoms with Crippen molar-refractivity contribution in [3.05, 3.63) is 74.7 Å². The molecule has 1 aliphatic rings. The number of amides is 1. The van der Waals surface area contributed by atoms with Crippen LogP contribution in [0.15, 0.2) is 58.4 Å². The van der Waals surface area contributed by atoms with E-state index in [1.807, 2.05) is 0 Å². The van der Waals surface area contributed by atoms with E-state index in [4.69, 9.17) is 5.11 Å². The van der Waals surface area contributed by atoms with Crippen LogP contribution < -0.4 is 5.32 Å². The highest BCUT2D eigenvalue weighted by molar-refractivity contribution is 8.18. The summed E-state index contributed by atoms with van der Waals surface area (Å²) < 4.78 is 0.